The Kier molecular flexibility index (Phi) is 5.78. The molecule has 0 aromatic heterocycles. The molecule has 0 bridgehead atoms. The molecule has 2 rings (SSSR count). The molecule has 0 saturated carbocycles. The number of hydrogen-bond donors (Lipinski definition) is 0. The van der Waals surface area contributed by atoms with Crippen LogP contribution in [0.15, 0.2) is 30.3 Å². The molecule has 1 fully saturated rings. The third-order valence-corrected chi connectivity index (χ3v) is 5.58. The zero-order valence-electron chi connectivity index (χ0n) is 14.0. The van der Waals surface area contributed by atoms with E-state index < -0.39 is 10.0 Å². The number of hydrogen-bond acceptors (Lipinski definition) is 4. The average Bonchev–Trinajstić information content (AvgIpc) is 2.52. The number of likely N-dealkylation sites (N-methyl/N-ethyl adjacent to an activating group) is 1. The van der Waals surface area contributed by atoms with Crippen molar-refractivity contribution in [2.75, 3.05) is 46.0 Å². The molecule has 1 amide bonds. The van der Waals surface area contributed by atoms with Crippen molar-refractivity contribution in [2.45, 2.75) is 13.0 Å². The molecule has 7 heteroatoms. The number of sulfonamides is 1. The minimum atomic E-state index is -3.48. The summed E-state index contributed by atoms with van der Waals surface area (Å²) < 4.78 is 25.6. The van der Waals surface area contributed by atoms with E-state index in [4.69, 9.17) is 0 Å². The fourth-order valence-corrected chi connectivity index (χ4v) is 3.77. The van der Waals surface area contributed by atoms with E-state index in [1.54, 1.807) is 4.90 Å². The molecule has 1 unspecified atom stereocenters. The highest BCUT2D eigenvalue weighted by atomic mass is 32.2. The summed E-state index contributed by atoms with van der Waals surface area (Å²) in [5.74, 6) is -0.133. The van der Waals surface area contributed by atoms with Crippen molar-refractivity contribution in [2.24, 2.45) is 0 Å². The SMILES string of the molecule is CC(c1ccccc1)N(CC(=O)N1CCN(C)CC1)S(C)(=O)=O. The van der Waals surface area contributed by atoms with Gasteiger partial charge in [0.2, 0.25) is 15.9 Å². The Morgan fingerprint density at radius 1 is 1.17 bits per heavy atom. The van der Waals surface area contributed by atoms with Gasteiger partial charge < -0.3 is 9.80 Å². The average molecular weight is 339 g/mol. The molecule has 1 heterocycles. The van der Waals surface area contributed by atoms with Gasteiger partial charge >= 0.3 is 0 Å². The largest absolute Gasteiger partial charge is 0.339 e. The van der Waals surface area contributed by atoms with Gasteiger partial charge in [-0.15, -0.1) is 0 Å². The van der Waals surface area contributed by atoms with Crippen LogP contribution < -0.4 is 0 Å². The molecule has 23 heavy (non-hydrogen) atoms. The lowest BCUT2D eigenvalue weighted by molar-refractivity contribution is -0.133. The molecule has 0 spiro atoms. The molecule has 0 radical (unpaired) electrons. The quantitative estimate of drug-likeness (QED) is 0.795. The molecule has 128 valence electrons. The Hall–Kier alpha value is -1.44. The van der Waals surface area contributed by atoms with E-state index in [-0.39, 0.29) is 18.5 Å². The first kappa shape index (κ1) is 17.9. The van der Waals surface area contributed by atoms with Gasteiger partial charge in [-0.25, -0.2) is 8.42 Å². The maximum atomic E-state index is 12.5. The van der Waals surface area contributed by atoms with Crippen LogP contribution in [0.5, 0.6) is 0 Å². The normalized spacial score (nSPS) is 18.2. The number of carbonyl (C=O) groups excluding carboxylic acids is 1. The molecule has 1 saturated heterocycles. The second kappa shape index (κ2) is 7.42. The molecule has 1 atom stereocenters. The number of piperazine rings is 1. The lowest BCUT2D eigenvalue weighted by atomic mass is 10.1. The Morgan fingerprint density at radius 3 is 2.26 bits per heavy atom. The lowest BCUT2D eigenvalue weighted by Gasteiger charge is -2.34. The van der Waals surface area contributed by atoms with Gasteiger partial charge in [0.25, 0.3) is 0 Å². The number of benzene rings is 1. The summed E-state index contributed by atoms with van der Waals surface area (Å²) in [5.41, 5.74) is 0.879. The summed E-state index contributed by atoms with van der Waals surface area (Å²) in [6.07, 6.45) is 1.16. The fraction of sp³-hybridized carbons (Fsp3) is 0.562. The monoisotopic (exact) mass is 339 g/mol. The first-order chi connectivity index (χ1) is 10.8. The maximum Gasteiger partial charge on any atom is 0.238 e. The summed E-state index contributed by atoms with van der Waals surface area (Å²) in [6.45, 7) is 4.63. The van der Waals surface area contributed by atoms with Crippen molar-refractivity contribution < 1.29 is 13.2 Å². The number of rotatable bonds is 5. The van der Waals surface area contributed by atoms with Crippen LogP contribution in [-0.2, 0) is 14.8 Å². The molecule has 1 aliphatic rings. The van der Waals surface area contributed by atoms with Crippen LogP contribution in [0.3, 0.4) is 0 Å². The minimum absolute atomic E-state index is 0.112. The Morgan fingerprint density at radius 2 is 1.74 bits per heavy atom. The Labute approximate surface area is 138 Å². The van der Waals surface area contributed by atoms with Crippen LogP contribution in [0.4, 0.5) is 0 Å². The van der Waals surface area contributed by atoms with Crippen LogP contribution in [0, 0.1) is 0 Å². The van der Waals surface area contributed by atoms with Gasteiger partial charge in [-0.3, -0.25) is 4.79 Å². The zero-order valence-corrected chi connectivity index (χ0v) is 14.8. The summed E-state index contributed by atoms with van der Waals surface area (Å²) in [7, 11) is -1.47. The van der Waals surface area contributed by atoms with Gasteiger partial charge in [-0.2, -0.15) is 4.31 Å². The molecular formula is C16H25N3O3S. The smallest absolute Gasteiger partial charge is 0.238 e. The van der Waals surface area contributed by atoms with Crippen molar-refractivity contribution in [1.82, 2.24) is 14.1 Å². The van der Waals surface area contributed by atoms with Crippen LogP contribution in [0.25, 0.3) is 0 Å². The second-order valence-electron chi connectivity index (χ2n) is 6.08. The van der Waals surface area contributed by atoms with Crippen molar-refractivity contribution in [3.8, 4) is 0 Å². The zero-order chi connectivity index (χ0) is 17.0. The predicted octanol–water partition coefficient (Wildman–Crippen LogP) is 0.783. The Balaban J connectivity index is 2.12. The lowest BCUT2D eigenvalue weighted by Crippen LogP contribution is -2.51. The van der Waals surface area contributed by atoms with Crippen LogP contribution in [0.1, 0.15) is 18.5 Å². The van der Waals surface area contributed by atoms with Crippen molar-refractivity contribution in [1.29, 1.82) is 0 Å². The van der Waals surface area contributed by atoms with Crippen molar-refractivity contribution in [3.63, 3.8) is 0 Å². The van der Waals surface area contributed by atoms with Gasteiger partial charge in [-0.1, -0.05) is 30.3 Å². The van der Waals surface area contributed by atoms with Crippen molar-refractivity contribution >= 4 is 15.9 Å². The van der Waals surface area contributed by atoms with Crippen LogP contribution in [-0.4, -0.2) is 74.5 Å². The maximum absolute atomic E-state index is 12.5. The van der Waals surface area contributed by atoms with Gasteiger partial charge in [-0.05, 0) is 19.5 Å². The topological polar surface area (TPSA) is 60.9 Å². The summed E-state index contributed by atoms with van der Waals surface area (Å²) in [6, 6.07) is 9.01. The van der Waals surface area contributed by atoms with E-state index in [9.17, 15) is 13.2 Å². The number of nitrogens with zero attached hydrogens (tertiary/aromatic N) is 3. The van der Waals surface area contributed by atoms with E-state index in [1.165, 1.54) is 4.31 Å². The highest BCUT2D eigenvalue weighted by molar-refractivity contribution is 7.88. The molecule has 0 aliphatic carbocycles. The predicted molar refractivity (Wildman–Crippen MR) is 90.5 cm³/mol. The first-order valence-corrected chi connectivity index (χ1v) is 9.62. The summed E-state index contributed by atoms with van der Waals surface area (Å²) >= 11 is 0. The highest BCUT2D eigenvalue weighted by Crippen LogP contribution is 2.22. The summed E-state index contributed by atoms with van der Waals surface area (Å²) in [4.78, 5) is 16.4. The standard InChI is InChI=1S/C16H25N3O3S/c1-14(15-7-5-4-6-8-15)19(23(3,21)22)13-16(20)18-11-9-17(2)10-12-18/h4-8,14H,9-13H2,1-3H3. The molecule has 1 aliphatic heterocycles. The third kappa shape index (κ3) is 4.76. The molecular weight excluding hydrogens is 314 g/mol. The van der Waals surface area contributed by atoms with Gasteiger partial charge in [0.05, 0.1) is 12.8 Å². The van der Waals surface area contributed by atoms with Crippen LogP contribution >= 0.6 is 0 Å². The highest BCUT2D eigenvalue weighted by Gasteiger charge is 2.29. The second-order valence-corrected chi connectivity index (χ2v) is 8.01. The van der Waals surface area contributed by atoms with Gasteiger partial charge in [0, 0.05) is 32.2 Å². The third-order valence-electron chi connectivity index (χ3n) is 4.29. The summed E-state index contributed by atoms with van der Waals surface area (Å²) in [5, 5.41) is 0. The molecule has 1 aromatic rings. The van der Waals surface area contributed by atoms with Crippen LogP contribution in [0.2, 0.25) is 0 Å². The number of amides is 1. The van der Waals surface area contributed by atoms with E-state index in [0.717, 1.165) is 24.9 Å². The van der Waals surface area contributed by atoms with Gasteiger partial charge in [0.15, 0.2) is 0 Å². The van der Waals surface area contributed by atoms with Crippen molar-refractivity contribution in [3.05, 3.63) is 35.9 Å². The Bertz CT molecular complexity index is 625. The fourth-order valence-electron chi connectivity index (χ4n) is 2.73. The van der Waals surface area contributed by atoms with E-state index >= 15 is 0 Å². The molecule has 6 nitrogen and oxygen atoms in total. The van der Waals surface area contributed by atoms with E-state index in [0.29, 0.717) is 13.1 Å². The molecule has 1 aromatic carbocycles. The minimum Gasteiger partial charge on any atom is -0.339 e. The first-order valence-electron chi connectivity index (χ1n) is 7.77. The van der Waals surface area contributed by atoms with E-state index in [2.05, 4.69) is 4.90 Å². The van der Waals surface area contributed by atoms with E-state index in [1.807, 2.05) is 44.3 Å². The number of carbonyl (C=O) groups is 1. The molecule has 0 N–H and O–H groups in total. The van der Waals surface area contributed by atoms with Gasteiger partial charge in [0.1, 0.15) is 0 Å².